The number of hydrogen-bond donors (Lipinski definition) is 2. The van der Waals surface area contributed by atoms with E-state index in [9.17, 15) is 14.7 Å². The number of carboxylic acids is 1. The van der Waals surface area contributed by atoms with E-state index >= 15 is 0 Å². The maximum absolute atomic E-state index is 13.8. The Hall–Kier alpha value is -6.14. The molecule has 1 aliphatic heterocycles. The van der Waals surface area contributed by atoms with Gasteiger partial charge in [0.1, 0.15) is 18.2 Å². The number of hydrogen-bond acceptors (Lipinski definition) is 4. The molecule has 246 valence electrons. The van der Waals surface area contributed by atoms with Crippen molar-refractivity contribution in [3.8, 4) is 11.1 Å². The second-order valence-corrected chi connectivity index (χ2v) is 12.9. The van der Waals surface area contributed by atoms with Gasteiger partial charge in [-0.05, 0) is 62.2 Å². The SMILES string of the molecule is O=C(O)C1Cc2ccc(NC(c3ccccc3)(c3ccccc3)c3ccccc3)cc2CN1C(=O)OCC1c2ccccc2-c2ccccc21. The lowest BCUT2D eigenvalue weighted by molar-refractivity contribution is -0.143. The number of carboxylic acid groups (broad SMARTS) is 1. The molecule has 0 saturated heterocycles. The zero-order valence-corrected chi connectivity index (χ0v) is 27.4. The van der Waals surface area contributed by atoms with Gasteiger partial charge in [0.25, 0.3) is 0 Å². The Balaban J connectivity index is 1.11. The van der Waals surface area contributed by atoms with Crippen molar-refractivity contribution in [1.29, 1.82) is 0 Å². The number of fused-ring (bicyclic) bond motifs is 4. The first-order chi connectivity index (χ1) is 24.5. The number of nitrogens with one attached hydrogen (secondary N) is 1. The van der Waals surface area contributed by atoms with Gasteiger partial charge in [-0.25, -0.2) is 9.59 Å². The van der Waals surface area contributed by atoms with Crippen LogP contribution in [0.15, 0.2) is 158 Å². The molecule has 1 heterocycles. The monoisotopic (exact) mass is 656 g/mol. The Morgan fingerprint density at radius 2 is 1.16 bits per heavy atom. The Kier molecular flexibility index (Phi) is 8.13. The summed E-state index contributed by atoms with van der Waals surface area (Å²) >= 11 is 0. The Morgan fingerprint density at radius 1 is 0.660 bits per heavy atom. The van der Waals surface area contributed by atoms with E-state index in [-0.39, 0.29) is 25.5 Å². The third-order valence-corrected chi connectivity index (χ3v) is 10.1. The standard InChI is InChI=1S/C44H36N2O4/c47-42(48)41-27-30-24-25-35(45-44(32-14-4-1-5-15-32,33-16-6-2-7-17-33)34-18-8-3-9-19-34)26-31(30)28-46(41)43(49)50-29-40-38-22-12-10-20-36(38)37-21-11-13-23-39(37)40/h1-26,40-41,45H,27-29H2,(H,47,48). The van der Waals surface area contributed by atoms with E-state index in [2.05, 4.69) is 66.0 Å². The summed E-state index contributed by atoms with van der Waals surface area (Å²) in [7, 11) is 0. The molecule has 1 aliphatic carbocycles. The predicted octanol–water partition coefficient (Wildman–Crippen LogP) is 8.85. The van der Waals surface area contributed by atoms with E-state index in [4.69, 9.17) is 4.74 Å². The molecule has 1 unspecified atom stereocenters. The van der Waals surface area contributed by atoms with Crippen LogP contribution in [-0.2, 0) is 28.0 Å². The first-order valence-corrected chi connectivity index (χ1v) is 16.9. The quantitative estimate of drug-likeness (QED) is 0.160. The van der Waals surface area contributed by atoms with Gasteiger partial charge in [0, 0.05) is 18.0 Å². The number of rotatable bonds is 8. The number of aliphatic carboxylic acids is 1. The van der Waals surface area contributed by atoms with Crippen molar-refractivity contribution in [3.63, 3.8) is 0 Å². The summed E-state index contributed by atoms with van der Waals surface area (Å²) in [5.74, 6) is -1.17. The van der Waals surface area contributed by atoms with Crippen molar-refractivity contribution in [2.45, 2.75) is 30.5 Å². The van der Waals surface area contributed by atoms with Crippen LogP contribution in [0.1, 0.15) is 44.9 Å². The fraction of sp³-hybridized carbons (Fsp3) is 0.136. The van der Waals surface area contributed by atoms with Crippen LogP contribution in [0.3, 0.4) is 0 Å². The minimum atomic E-state index is -1.05. The molecule has 0 aromatic heterocycles. The van der Waals surface area contributed by atoms with Crippen LogP contribution in [0.25, 0.3) is 11.1 Å². The lowest BCUT2D eigenvalue weighted by atomic mass is 9.76. The molecule has 0 saturated carbocycles. The van der Waals surface area contributed by atoms with Crippen molar-refractivity contribution in [2.75, 3.05) is 11.9 Å². The second-order valence-electron chi connectivity index (χ2n) is 12.9. The summed E-state index contributed by atoms with van der Waals surface area (Å²) < 4.78 is 5.97. The van der Waals surface area contributed by atoms with Crippen molar-refractivity contribution in [1.82, 2.24) is 4.90 Å². The van der Waals surface area contributed by atoms with Crippen molar-refractivity contribution in [2.24, 2.45) is 0 Å². The van der Waals surface area contributed by atoms with Crippen LogP contribution in [0.4, 0.5) is 10.5 Å². The van der Waals surface area contributed by atoms with Gasteiger partial charge in [-0.3, -0.25) is 4.90 Å². The van der Waals surface area contributed by atoms with Gasteiger partial charge >= 0.3 is 12.1 Å². The minimum Gasteiger partial charge on any atom is -0.480 e. The third-order valence-electron chi connectivity index (χ3n) is 10.1. The van der Waals surface area contributed by atoms with E-state index in [1.807, 2.05) is 97.1 Å². The summed E-state index contributed by atoms with van der Waals surface area (Å²) in [5, 5.41) is 14.1. The van der Waals surface area contributed by atoms with Gasteiger partial charge in [0.2, 0.25) is 0 Å². The second kappa shape index (κ2) is 13.1. The molecule has 50 heavy (non-hydrogen) atoms. The molecule has 0 bridgehead atoms. The van der Waals surface area contributed by atoms with Gasteiger partial charge in [-0.1, -0.05) is 146 Å². The van der Waals surface area contributed by atoms with Crippen molar-refractivity contribution >= 4 is 17.7 Å². The van der Waals surface area contributed by atoms with Gasteiger partial charge in [0.15, 0.2) is 0 Å². The largest absolute Gasteiger partial charge is 0.480 e. The molecule has 6 nitrogen and oxygen atoms in total. The molecule has 6 heteroatoms. The fourth-order valence-electron chi connectivity index (χ4n) is 7.75. The van der Waals surface area contributed by atoms with Crippen LogP contribution in [0.2, 0.25) is 0 Å². The molecule has 8 rings (SSSR count). The zero-order valence-electron chi connectivity index (χ0n) is 27.4. The Morgan fingerprint density at radius 3 is 1.68 bits per heavy atom. The molecule has 2 aliphatic rings. The zero-order chi connectivity index (χ0) is 34.1. The fourth-order valence-corrected chi connectivity index (χ4v) is 7.75. The minimum absolute atomic E-state index is 0.119. The molecule has 2 N–H and O–H groups in total. The maximum atomic E-state index is 13.8. The highest BCUT2D eigenvalue weighted by molar-refractivity contribution is 5.82. The molecule has 0 radical (unpaired) electrons. The number of carbonyl (C=O) groups excluding carboxylic acids is 1. The number of amides is 1. The lowest BCUT2D eigenvalue weighted by Gasteiger charge is -2.39. The molecule has 1 atom stereocenters. The van der Waals surface area contributed by atoms with E-state index in [1.54, 1.807) is 0 Å². The smallest absolute Gasteiger partial charge is 0.410 e. The molecular weight excluding hydrogens is 620 g/mol. The average Bonchev–Trinajstić information content (AvgIpc) is 3.49. The summed E-state index contributed by atoms with van der Waals surface area (Å²) in [6.07, 6.45) is -0.438. The van der Waals surface area contributed by atoms with Crippen LogP contribution in [-0.4, -0.2) is 34.7 Å². The summed E-state index contributed by atoms with van der Waals surface area (Å²) in [5.41, 5.74) is 9.59. The molecule has 0 fully saturated rings. The molecule has 6 aromatic carbocycles. The molecule has 6 aromatic rings. The number of nitrogens with zero attached hydrogens (tertiary/aromatic N) is 1. The first-order valence-electron chi connectivity index (χ1n) is 16.9. The van der Waals surface area contributed by atoms with Gasteiger partial charge in [-0.2, -0.15) is 0 Å². The maximum Gasteiger partial charge on any atom is 0.410 e. The number of benzene rings is 6. The topological polar surface area (TPSA) is 78.9 Å². The normalized spacial score (nSPS) is 15.0. The van der Waals surface area contributed by atoms with Crippen LogP contribution >= 0.6 is 0 Å². The van der Waals surface area contributed by atoms with Gasteiger partial charge < -0.3 is 15.2 Å². The highest BCUT2D eigenvalue weighted by atomic mass is 16.6. The third kappa shape index (κ3) is 5.49. The summed E-state index contributed by atoms with van der Waals surface area (Å²) in [6, 6.07) is 52.4. The van der Waals surface area contributed by atoms with Crippen molar-refractivity contribution in [3.05, 3.63) is 197 Å². The summed E-state index contributed by atoms with van der Waals surface area (Å²) in [4.78, 5) is 27.7. The van der Waals surface area contributed by atoms with Gasteiger partial charge in [0.05, 0.1) is 6.54 Å². The average molecular weight is 657 g/mol. The Labute approximate surface area is 291 Å². The van der Waals surface area contributed by atoms with E-state index in [0.29, 0.717) is 0 Å². The highest BCUT2D eigenvalue weighted by Gasteiger charge is 2.39. The molecule has 0 spiro atoms. The molecular formula is C44H36N2O4. The van der Waals surface area contributed by atoms with Crippen LogP contribution in [0, 0.1) is 0 Å². The highest BCUT2D eigenvalue weighted by Crippen LogP contribution is 2.45. The lowest BCUT2D eigenvalue weighted by Crippen LogP contribution is -2.49. The number of carbonyl (C=O) groups is 2. The van der Waals surface area contributed by atoms with E-state index in [0.717, 1.165) is 55.8 Å². The molecule has 1 amide bonds. The van der Waals surface area contributed by atoms with Gasteiger partial charge in [-0.15, -0.1) is 0 Å². The van der Waals surface area contributed by atoms with E-state index in [1.165, 1.54) is 4.90 Å². The number of anilines is 1. The predicted molar refractivity (Wildman–Crippen MR) is 195 cm³/mol. The van der Waals surface area contributed by atoms with Crippen LogP contribution in [0.5, 0.6) is 0 Å². The van der Waals surface area contributed by atoms with E-state index < -0.39 is 23.6 Å². The Bertz CT molecular complexity index is 2030. The number of ether oxygens (including phenoxy) is 1. The van der Waals surface area contributed by atoms with Crippen LogP contribution < -0.4 is 5.32 Å². The van der Waals surface area contributed by atoms with Crippen molar-refractivity contribution < 1.29 is 19.4 Å². The summed E-state index contributed by atoms with van der Waals surface area (Å²) in [6.45, 7) is 0.241. The first kappa shape index (κ1) is 31.1.